The third-order valence-corrected chi connectivity index (χ3v) is 2.81. The maximum Gasteiger partial charge on any atom is 0.239 e. The molecule has 0 aliphatic carbocycles. The van der Waals surface area contributed by atoms with Crippen LogP contribution in [0.25, 0.3) is 0 Å². The van der Waals surface area contributed by atoms with Crippen LogP contribution in [0.15, 0.2) is 11.6 Å². The van der Waals surface area contributed by atoms with Crippen LogP contribution in [0, 0.1) is 5.41 Å². The number of carbonyl (C=O) groups is 2. The summed E-state index contributed by atoms with van der Waals surface area (Å²) in [5.74, 6) is -0.217. The molecule has 0 bridgehead atoms. The van der Waals surface area contributed by atoms with Crippen molar-refractivity contribution in [1.82, 2.24) is 16.0 Å². The molecule has 0 saturated heterocycles. The predicted octanol–water partition coefficient (Wildman–Crippen LogP) is 0.996. The van der Waals surface area contributed by atoms with E-state index in [1.807, 2.05) is 20.8 Å². The summed E-state index contributed by atoms with van der Waals surface area (Å²) in [5.41, 5.74) is 1.19. The molecule has 0 radical (unpaired) electrons. The maximum absolute atomic E-state index is 11.6. The second-order valence-corrected chi connectivity index (χ2v) is 6.11. The average Bonchev–Trinajstić information content (AvgIpc) is 2.33. The number of hydrogen-bond donors (Lipinski definition) is 3. The van der Waals surface area contributed by atoms with E-state index in [1.165, 1.54) is 5.57 Å². The zero-order valence-corrected chi connectivity index (χ0v) is 13.4. The van der Waals surface area contributed by atoms with Gasteiger partial charge in [-0.25, -0.2) is 0 Å². The normalized spacial score (nSPS) is 14.8. The van der Waals surface area contributed by atoms with Gasteiger partial charge in [-0.15, -0.1) is 12.4 Å². The molecule has 6 heteroatoms. The summed E-state index contributed by atoms with van der Waals surface area (Å²) in [4.78, 5) is 23.1. The third-order valence-electron chi connectivity index (χ3n) is 2.81. The van der Waals surface area contributed by atoms with Gasteiger partial charge in [-0.2, -0.15) is 0 Å². The van der Waals surface area contributed by atoms with Gasteiger partial charge in [-0.1, -0.05) is 32.4 Å². The van der Waals surface area contributed by atoms with Gasteiger partial charge in [0.15, 0.2) is 0 Å². The minimum atomic E-state index is -0.137. The van der Waals surface area contributed by atoms with E-state index < -0.39 is 0 Å². The molecule has 0 aromatic heterocycles. The summed E-state index contributed by atoms with van der Waals surface area (Å²) in [6.07, 6.45) is 3.50. The second-order valence-electron chi connectivity index (χ2n) is 6.11. The van der Waals surface area contributed by atoms with E-state index in [1.54, 1.807) is 0 Å². The Kier molecular flexibility index (Phi) is 8.49. The van der Waals surface area contributed by atoms with E-state index in [9.17, 15) is 9.59 Å². The molecule has 3 N–H and O–H groups in total. The van der Waals surface area contributed by atoms with Crippen LogP contribution in [0.5, 0.6) is 0 Å². The van der Waals surface area contributed by atoms with Crippen LogP contribution >= 0.6 is 12.4 Å². The van der Waals surface area contributed by atoms with Crippen molar-refractivity contribution >= 4 is 24.2 Å². The van der Waals surface area contributed by atoms with E-state index >= 15 is 0 Å². The second kappa shape index (κ2) is 8.97. The summed E-state index contributed by atoms with van der Waals surface area (Å²) in [7, 11) is 0. The van der Waals surface area contributed by atoms with Crippen molar-refractivity contribution in [2.75, 3.05) is 26.2 Å². The van der Waals surface area contributed by atoms with E-state index in [-0.39, 0.29) is 36.2 Å². The quantitative estimate of drug-likeness (QED) is 0.664. The summed E-state index contributed by atoms with van der Waals surface area (Å²) in [6, 6.07) is 0. The Balaban J connectivity index is 0.00000361. The van der Waals surface area contributed by atoms with Crippen LogP contribution in [-0.2, 0) is 9.59 Å². The summed E-state index contributed by atoms with van der Waals surface area (Å²) >= 11 is 0. The van der Waals surface area contributed by atoms with Gasteiger partial charge in [-0.3, -0.25) is 9.59 Å². The van der Waals surface area contributed by atoms with Gasteiger partial charge in [0.25, 0.3) is 0 Å². The van der Waals surface area contributed by atoms with Crippen molar-refractivity contribution < 1.29 is 9.59 Å². The molecule has 1 aliphatic rings. The number of rotatable bonds is 5. The van der Waals surface area contributed by atoms with Gasteiger partial charge in [0.2, 0.25) is 11.8 Å². The lowest BCUT2D eigenvalue weighted by atomic mass is 9.92. The van der Waals surface area contributed by atoms with Crippen molar-refractivity contribution in [2.45, 2.75) is 33.6 Å². The lowest BCUT2D eigenvalue weighted by molar-refractivity contribution is -0.127. The fourth-order valence-electron chi connectivity index (χ4n) is 1.83. The molecule has 1 aliphatic heterocycles. The van der Waals surface area contributed by atoms with Gasteiger partial charge >= 0.3 is 0 Å². The van der Waals surface area contributed by atoms with Crippen molar-refractivity contribution in [3.05, 3.63) is 11.6 Å². The first-order valence-electron chi connectivity index (χ1n) is 6.79. The fourth-order valence-corrected chi connectivity index (χ4v) is 1.83. The molecule has 0 spiro atoms. The van der Waals surface area contributed by atoms with Crippen LogP contribution in [0.2, 0.25) is 0 Å². The monoisotopic (exact) mass is 303 g/mol. The lowest BCUT2D eigenvalue weighted by Gasteiger charge is -2.17. The standard InChI is InChI=1S/C14H25N3O2.ClH/c1-14(2,3)8-12(18)17-10-13(19)16-9-11-4-6-15-7-5-11;/h4,15H,5-10H2,1-3H3,(H,16,19)(H,17,18);1H. The highest BCUT2D eigenvalue weighted by Crippen LogP contribution is 2.17. The van der Waals surface area contributed by atoms with E-state index in [0.717, 1.165) is 19.5 Å². The SMILES string of the molecule is CC(C)(C)CC(=O)NCC(=O)NCC1=CCNCC1.Cl. The zero-order chi connectivity index (χ0) is 14.3. The number of hydrogen-bond acceptors (Lipinski definition) is 3. The third kappa shape index (κ3) is 8.93. The number of nitrogens with one attached hydrogen (secondary N) is 3. The van der Waals surface area contributed by atoms with Crippen molar-refractivity contribution in [2.24, 2.45) is 5.41 Å². The molecule has 0 aromatic carbocycles. The molecular weight excluding hydrogens is 278 g/mol. The summed E-state index contributed by atoms with van der Waals surface area (Å²) in [5, 5.41) is 8.68. The fraction of sp³-hybridized carbons (Fsp3) is 0.714. The van der Waals surface area contributed by atoms with Crippen LogP contribution in [-0.4, -0.2) is 38.0 Å². The molecular formula is C14H26ClN3O2. The van der Waals surface area contributed by atoms with E-state index in [4.69, 9.17) is 0 Å². The topological polar surface area (TPSA) is 70.2 Å². The van der Waals surface area contributed by atoms with Crippen LogP contribution < -0.4 is 16.0 Å². The predicted molar refractivity (Wildman–Crippen MR) is 82.9 cm³/mol. The van der Waals surface area contributed by atoms with Gasteiger partial charge in [0.1, 0.15) is 0 Å². The van der Waals surface area contributed by atoms with E-state index in [0.29, 0.717) is 13.0 Å². The van der Waals surface area contributed by atoms with Gasteiger partial charge in [0.05, 0.1) is 6.54 Å². The molecule has 5 nitrogen and oxygen atoms in total. The average molecular weight is 304 g/mol. The van der Waals surface area contributed by atoms with Crippen LogP contribution in [0.1, 0.15) is 33.6 Å². The summed E-state index contributed by atoms with van der Waals surface area (Å²) in [6.45, 7) is 8.45. The number of halogens is 1. The highest BCUT2D eigenvalue weighted by molar-refractivity contribution is 5.85. The molecule has 0 saturated carbocycles. The molecule has 116 valence electrons. The molecule has 20 heavy (non-hydrogen) atoms. The molecule has 0 fully saturated rings. The number of carbonyl (C=O) groups excluding carboxylic acids is 2. The van der Waals surface area contributed by atoms with Crippen LogP contribution in [0.3, 0.4) is 0 Å². The molecule has 1 rings (SSSR count). The highest BCUT2D eigenvalue weighted by atomic mass is 35.5. The van der Waals surface area contributed by atoms with Gasteiger partial charge < -0.3 is 16.0 Å². The Morgan fingerprint density at radius 1 is 1.25 bits per heavy atom. The molecule has 0 aromatic rings. The first kappa shape index (κ1) is 18.9. The summed E-state index contributed by atoms with van der Waals surface area (Å²) < 4.78 is 0. The first-order chi connectivity index (χ1) is 8.87. The molecule has 1 heterocycles. The molecule has 0 unspecified atom stereocenters. The van der Waals surface area contributed by atoms with Gasteiger partial charge in [-0.05, 0) is 18.4 Å². The van der Waals surface area contributed by atoms with Crippen molar-refractivity contribution in [3.8, 4) is 0 Å². The zero-order valence-electron chi connectivity index (χ0n) is 12.5. The maximum atomic E-state index is 11.6. The van der Waals surface area contributed by atoms with E-state index in [2.05, 4.69) is 22.0 Å². The molecule has 2 amide bonds. The lowest BCUT2D eigenvalue weighted by Crippen LogP contribution is -2.39. The molecule has 0 atom stereocenters. The van der Waals surface area contributed by atoms with Gasteiger partial charge in [0, 0.05) is 19.5 Å². The first-order valence-corrected chi connectivity index (χ1v) is 6.79. The minimum Gasteiger partial charge on any atom is -0.351 e. The Hall–Kier alpha value is -1.07. The Morgan fingerprint density at radius 3 is 2.50 bits per heavy atom. The van der Waals surface area contributed by atoms with Crippen molar-refractivity contribution in [1.29, 1.82) is 0 Å². The Morgan fingerprint density at radius 2 is 1.95 bits per heavy atom. The Bertz CT molecular complexity index is 362. The smallest absolute Gasteiger partial charge is 0.239 e. The van der Waals surface area contributed by atoms with Crippen LogP contribution in [0.4, 0.5) is 0 Å². The van der Waals surface area contributed by atoms with Crippen molar-refractivity contribution in [3.63, 3.8) is 0 Å². The minimum absolute atomic E-state index is 0. The largest absolute Gasteiger partial charge is 0.351 e. The number of amides is 2. The Labute approximate surface area is 127 Å². The highest BCUT2D eigenvalue weighted by Gasteiger charge is 2.16.